The number of hydrogen-bond donors (Lipinski definition) is 1. The molecule has 0 aliphatic carbocycles. The van der Waals surface area contributed by atoms with Gasteiger partial charge in [0.05, 0.1) is 12.8 Å². The number of aryl methyl sites for hydroxylation is 1. The van der Waals surface area contributed by atoms with Crippen molar-refractivity contribution < 1.29 is 23.8 Å². The Morgan fingerprint density at radius 3 is 2.48 bits per heavy atom. The van der Waals surface area contributed by atoms with Gasteiger partial charge in [-0.15, -0.1) is 0 Å². The Balaban J connectivity index is 1.95. The number of amides is 1. The molecule has 0 aliphatic rings. The molecule has 0 saturated carbocycles. The number of hydrogen-bond acceptors (Lipinski definition) is 5. The minimum atomic E-state index is -1.02. The van der Waals surface area contributed by atoms with E-state index in [2.05, 4.69) is 5.32 Å². The average molecular weight is 392 g/mol. The van der Waals surface area contributed by atoms with Crippen LogP contribution in [0.25, 0.3) is 0 Å². The molecule has 6 nitrogen and oxygen atoms in total. The molecule has 2 atom stereocenters. The highest BCUT2D eigenvalue weighted by Gasteiger charge is 2.24. The van der Waals surface area contributed by atoms with E-state index in [1.807, 2.05) is 25.1 Å². The van der Waals surface area contributed by atoms with Crippen LogP contribution >= 0.6 is 11.6 Å². The molecular weight excluding hydrogens is 370 g/mol. The predicted molar refractivity (Wildman–Crippen MR) is 103 cm³/mol. The maximum atomic E-state index is 12.3. The molecule has 0 saturated heterocycles. The molecule has 0 radical (unpaired) electrons. The molecule has 0 bridgehead atoms. The standard InChI is InChI=1S/C20H22ClNO5/c1-12-6-5-7-16(10-12)26-14(3)20(24)27-13(2)19(23)22-17-11-15(21)8-9-18(17)25-4/h5-11,13-14H,1-4H3,(H,22,23)/t13-,14+/m1/s1. The van der Waals surface area contributed by atoms with Gasteiger partial charge >= 0.3 is 5.97 Å². The van der Waals surface area contributed by atoms with Crippen molar-refractivity contribution in [1.29, 1.82) is 0 Å². The molecule has 0 aliphatic heterocycles. The predicted octanol–water partition coefficient (Wildman–Crippen LogP) is 3.99. The van der Waals surface area contributed by atoms with E-state index in [0.29, 0.717) is 22.2 Å². The fourth-order valence-electron chi connectivity index (χ4n) is 2.28. The second kappa shape index (κ2) is 9.28. The Bertz CT molecular complexity index is 824. The lowest BCUT2D eigenvalue weighted by molar-refractivity contribution is -0.159. The van der Waals surface area contributed by atoms with Crippen molar-refractivity contribution in [2.45, 2.75) is 33.0 Å². The van der Waals surface area contributed by atoms with Crippen molar-refractivity contribution in [2.24, 2.45) is 0 Å². The van der Waals surface area contributed by atoms with Crippen LogP contribution in [0.15, 0.2) is 42.5 Å². The molecule has 0 fully saturated rings. The topological polar surface area (TPSA) is 73.9 Å². The van der Waals surface area contributed by atoms with Crippen LogP contribution in [-0.4, -0.2) is 31.2 Å². The van der Waals surface area contributed by atoms with Crippen molar-refractivity contribution in [2.75, 3.05) is 12.4 Å². The number of methoxy groups -OCH3 is 1. The maximum Gasteiger partial charge on any atom is 0.347 e. The summed E-state index contributed by atoms with van der Waals surface area (Å²) in [4.78, 5) is 24.5. The molecule has 0 unspecified atom stereocenters. The molecule has 0 spiro atoms. The Morgan fingerprint density at radius 2 is 1.81 bits per heavy atom. The maximum absolute atomic E-state index is 12.3. The summed E-state index contributed by atoms with van der Waals surface area (Å²) >= 11 is 5.94. The van der Waals surface area contributed by atoms with Crippen molar-refractivity contribution in [3.63, 3.8) is 0 Å². The minimum absolute atomic E-state index is 0.391. The first kappa shape index (κ1) is 20.6. The lowest BCUT2D eigenvalue weighted by Gasteiger charge is -2.18. The Morgan fingerprint density at radius 1 is 1.07 bits per heavy atom. The zero-order valence-corrected chi connectivity index (χ0v) is 16.4. The van der Waals surface area contributed by atoms with Crippen LogP contribution in [0.5, 0.6) is 11.5 Å². The third kappa shape index (κ3) is 5.89. The third-order valence-electron chi connectivity index (χ3n) is 3.72. The van der Waals surface area contributed by atoms with Crippen LogP contribution in [0.1, 0.15) is 19.4 Å². The number of anilines is 1. The van der Waals surface area contributed by atoms with Gasteiger partial charge in [-0.05, 0) is 56.7 Å². The summed E-state index contributed by atoms with van der Waals surface area (Å²) in [7, 11) is 1.48. The monoisotopic (exact) mass is 391 g/mol. The molecule has 2 aromatic rings. The molecule has 144 valence electrons. The summed E-state index contributed by atoms with van der Waals surface area (Å²) in [5, 5.41) is 3.08. The van der Waals surface area contributed by atoms with Crippen molar-refractivity contribution in [1.82, 2.24) is 0 Å². The third-order valence-corrected chi connectivity index (χ3v) is 3.95. The van der Waals surface area contributed by atoms with E-state index >= 15 is 0 Å². The smallest absolute Gasteiger partial charge is 0.347 e. The van der Waals surface area contributed by atoms with Gasteiger partial charge in [-0.1, -0.05) is 23.7 Å². The summed E-state index contributed by atoms with van der Waals surface area (Å²) in [6.45, 7) is 4.96. The number of carbonyl (C=O) groups excluding carboxylic acids is 2. The van der Waals surface area contributed by atoms with Gasteiger partial charge in [-0.2, -0.15) is 0 Å². The van der Waals surface area contributed by atoms with Crippen LogP contribution in [0.3, 0.4) is 0 Å². The molecular formula is C20H22ClNO5. The second-order valence-electron chi connectivity index (χ2n) is 5.99. The summed E-state index contributed by atoms with van der Waals surface area (Å²) in [6, 6.07) is 12.1. The van der Waals surface area contributed by atoms with E-state index < -0.39 is 24.1 Å². The van der Waals surface area contributed by atoms with Gasteiger partial charge in [0.1, 0.15) is 11.5 Å². The Kier molecular flexibility index (Phi) is 7.07. The highest BCUT2D eigenvalue weighted by atomic mass is 35.5. The molecule has 2 aromatic carbocycles. The minimum Gasteiger partial charge on any atom is -0.495 e. The molecule has 1 N–H and O–H groups in total. The quantitative estimate of drug-likeness (QED) is 0.722. The van der Waals surface area contributed by atoms with Crippen LogP contribution in [0, 0.1) is 6.92 Å². The summed E-state index contributed by atoms with van der Waals surface area (Å²) in [6.07, 6.45) is -1.88. The van der Waals surface area contributed by atoms with Crippen molar-refractivity contribution in [3.05, 3.63) is 53.1 Å². The number of nitrogens with one attached hydrogen (secondary N) is 1. The molecule has 7 heteroatoms. The van der Waals surface area contributed by atoms with Gasteiger partial charge in [-0.25, -0.2) is 4.79 Å². The van der Waals surface area contributed by atoms with Gasteiger partial charge < -0.3 is 19.5 Å². The first-order valence-electron chi connectivity index (χ1n) is 8.38. The summed E-state index contributed by atoms with van der Waals surface area (Å²) in [5.41, 5.74) is 1.40. The first-order valence-corrected chi connectivity index (χ1v) is 8.76. The zero-order valence-electron chi connectivity index (χ0n) is 15.6. The van der Waals surface area contributed by atoms with Crippen molar-refractivity contribution in [3.8, 4) is 11.5 Å². The van der Waals surface area contributed by atoms with Gasteiger partial charge in [0.2, 0.25) is 0 Å². The van der Waals surface area contributed by atoms with E-state index in [9.17, 15) is 9.59 Å². The van der Waals surface area contributed by atoms with E-state index in [-0.39, 0.29) is 0 Å². The van der Waals surface area contributed by atoms with Crippen LogP contribution in [0.4, 0.5) is 5.69 Å². The number of ether oxygens (including phenoxy) is 3. The van der Waals surface area contributed by atoms with E-state index in [0.717, 1.165) is 5.56 Å². The van der Waals surface area contributed by atoms with Gasteiger partial charge in [0.15, 0.2) is 12.2 Å². The Hall–Kier alpha value is -2.73. The second-order valence-corrected chi connectivity index (χ2v) is 6.43. The lowest BCUT2D eigenvalue weighted by Crippen LogP contribution is -2.35. The first-order chi connectivity index (χ1) is 12.8. The largest absolute Gasteiger partial charge is 0.495 e. The van der Waals surface area contributed by atoms with E-state index in [1.54, 1.807) is 31.2 Å². The summed E-state index contributed by atoms with van der Waals surface area (Å²) < 4.78 is 15.9. The molecule has 27 heavy (non-hydrogen) atoms. The Labute approximate surface area is 163 Å². The fraction of sp³-hybridized carbons (Fsp3) is 0.300. The number of carbonyl (C=O) groups is 2. The van der Waals surface area contributed by atoms with Gasteiger partial charge in [0, 0.05) is 5.02 Å². The SMILES string of the molecule is COc1ccc(Cl)cc1NC(=O)[C@@H](C)OC(=O)[C@H](C)Oc1cccc(C)c1. The zero-order chi connectivity index (χ0) is 20.0. The normalized spacial score (nSPS) is 12.6. The fourth-order valence-corrected chi connectivity index (χ4v) is 2.45. The average Bonchev–Trinajstić information content (AvgIpc) is 2.61. The highest BCUT2D eigenvalue weighted by molar-refractivity contribution is 6.31. The number of benzene rings is 2. The molecule has 2 rings (SSSR count). The number of halogens is 1. The van der Waals surface area contributed by atoms with E-state index in [4.69, 9.17) is 25.8 Å². The van der Waals surface area contributed by atoms with Crippen LogP contribution < -0.4 is 14.8 Å². The number of esters is 1. The van der Waals surface area contributed by atoms with Crippen molar-refractivity contribution >= 4 is 29.2 Å². The number of rotatable bonds is 7. The van der Waals surface area contributed by atoms with Crippen LogP contribution in [-0.2, 0) is 14.3 Å². The van der Waals surface area contributed by atoms with E-state index in [1.165, 1.54) is 14.0 Å². The molecule has 0 aromatic heterocycles. The highest BCUT2D eigenvalue weighted by Crippen LogP contribution is 2.27. The molecule has 0 heterocycles. The van der Waals surface area contributed by atoms with Crippen LogP contribution in [0.2, 0.25) is 5.02 Å². The molecule has 1 amide bonds. The lowest BCUT2D eigenvalue weighted by atomic mass is 10.2. The van der Waals surface area contributed by atoms with Gasteiger partial charge in [0.25, 0.3) is 5.91 Å². The van der Waals surface area contributed by atoms with Gasteiger partial charge in [-0.3, -0.25) is 4.79 Å². The summed E-state index contributed by atoms with van der Waals surface area (Å²) in [5.74, 6) is -0.147.